The van der Waals surface area contributed by atoms with Crippen LogP contribution >= 0.6 is 7.37 Å². The van der Waals surface area contributed by atoms with Gasteiger partial charge in [-0.05, 0) is 26.3 Å². The van der Waals surface area contributed by atoms with Crippen molar-refractivity contribution in [1.82, 2.24) is 0 Å². The molecule has 0 aliphatic carbocycles. The third kappa shape index (κ3) is 3.81. The van der Waals surface area contributed by atoms with Crippen LogP contribution in [0.25, 0.3) is 0 Å². The Morgan fingerprint density at radius 3 is 2.00 bits per heavy atom. The molecule has 0 unspecified atom stereocenters. The number of rotatable bonds is 3. The molecule has 0 amide bonds. The standard InChI is InChI=1S/C12H19O2P/c1-10-6-8-11(9-7-10)12(2,3)14-15(4,5)13/h6-9H,1-5H3. The lowest BCUT2D eigenvalue weighted by molar-refractivity contribution is 0.116. The summed E-state index contributed by atoms with van der Waals surface area (Å²) in [5.74, 6) is 0. The fourth-order valence-electron chi connectivity index (χ4n) is 1.56. The van der Waals surface area contributed by atoms with Gasteiger partial charge in [-0.15, -0.1) is 0 Å². The molecule has 0 aromatic heterocycles. The topological polar surface area (TPSA) is 26.3 Å². The maximum atomic E-state index is 11.6. The average Bonchev–Trinajstić information content (AvgIpc) is 2.00. The van der Waals surface area contributed by atoms with Gasteiger partial charge in [-0.25, -0.2) is 0 Å². The molecule has 0 aliphatic rings. The summed E-state index contributed by atoms with van der Waals surface area (Å²) in [4.78, 5) is 0. The van der Waals surface area contributed by atoms with Crippen molar-refractivity contribution < 1.29 is 9.09 Å². The predicted molar refractivity (Wildman–Crippen MR) is 64.7 cm³/mol. The Morgan fingerprint density at radius 2 is 1.60 bits per heavy atom. The second-order valence-electron chi connectivity index (χ2n) is 4.72. The molecule has 1 aromatic carbocycles. The van der Waals surface area contributed by atoms with E-state index in [0.29, 0.717) is 0 Å². The Morgan fingerprint density at radius 1 is 1.13 bits per heavy atom. The lowest BCUT2D eigenvalue weighted by Crippen LogP contribution is -2.19. The summed E-state index contributed by atoms with van der Waals surface area (Å²) in [7, 11) is -2.46. The van der Waals surface area contributed by atoms with Crippen LogP contribution in [-0.4, -0.2) is 13.3 Å². The normalized spacial score (nSPS) is 12.9. The molecule has 0 saturated heterocycles. The van der Waals surface area contributed by atoms with Crippen molar-refractivity contribution in [3.63, 3.8) is 0 Å². The van der Waals surface area contributed by atoms with Crippen LogP contribution < -0.4 is 0 Å². The van der Waals surface area contributed by atoms with Gasteiger partial charge in [0.1, 0.15) is 0 Å². The summed E-state index contributed by atoms with van der Waals surface area (Å²) in [6, 6.07) is 8.11. The molecule has 0 aliphatic heterocycles. The highest BCUT2D eigenvalue weighted by Crippen LogP contribution is 2.45. The van der Waals surface area contributed by atoms with Crippen molar-refractivity contribution in [2.75, 3.05) is 13.3 Å². The van der Waals surface area contributed by atoms with Crippen LogP contribution in [0.5, 0.6) is 0 Å². The summed E-state index contributed by atoms with van der Waals surface area (Å²) in [5, 5.41) is 0. The van der Waals surface area contributed by atoms with Crippen LogP contribution in [0.4, 0.5) is 0 Å². The van der Waals surface area contributed by atoms with Gasteiger partial charge in [0.25, 0.3) is 0 Å². The SMILES string of the molecule is Cc1ccc(C(C)(C)OP(C)(C)=O)cc1. The number of hydrogen-bond donors (Lipinski definition) is 0. The minimum Gasteiger partial charge on any atom is -0.318 e. The number of benzene rings is 1. The zero-order chi connectivity index (χ0) is 11.7. The third-order valence-corrected chi connectivity index (χ3v) is 3.09. The summed E-state index contributed by atoms with van der Waals surface area (Å²) in [6.45, 7) is 9.21. The molecule has 15 heavy (non-hydrogen) atoms. The predicted octanol–water partition coefficient (Wildman–Crippen LogP) is 3.78. The molecule has 1 aromatic rings. The van der Waals surface area contributed by atoms with Crippen molar-refractivity contribution in [3.05, 3.63) is 35.4 Å². The van der Waals surface area contributed by atoms with E-state index in [9.17, 15) is 4.57 Å². The van der Waals surface area contributed by atoms with Gasteiger partial charge in [0, 0.05) is 13.3 Å². The first-order chi connectivity index (χ1) is 6.71. The van der Waals surface area contributed by atoms with Crippen LogP contribution in [0.2, 0.25) is 0 Å². The summed E-state index contributed by atoms with van der Waals surface area (Å²) < 4.78 is 17.3. The fourth-order valence-corrected chi connectivity index (χ4v) is 2.76. The van der Waals surface area contributed by atoms with Crippen LogP contribution in [-0.2, 0) is 14.7 Å². The monoisotopic (exact) mass is 226 g/mol. The molecule has 0 saturated carbocycles. The first-order valence-corrected chi connectivity index (χ1v) is 7.55. The van der Waals surface area contributed by atoms with E-state index in [1.807, 2.05) is 45.0 Å². The maximum Gasteiger partial charge on any atom is 0.198 e. The van der Waals surface area contributed by atoms with Gasteiger partial charge in [0.2, 0.25) is 0 Å². The summed E-state index contributed by atoms with van der Waals surface area (Å²) in [5.41, 5.74) is 1.77. The van der Waals surface area contributed by atoms with E-state index >= 15 is 0 Å². The quantitative estimate of drug-likeness (QED) is 0.733. The molecular weight excluding hydrogens is 207 g/mol. The molecular formula is C12H19O2P. The zero-order valence-corrected chi connectivity index (χ0v) is 11.0. The Labute approximate surface area is 92.1 Å². The molecule has 0 heterocycles. The minimum absolute atomic E-state index is 0.493. The first-order valence-electron chi connectivity index (χ1n) is 5.04. The van der Waals surface area contributed by atoms with E-state index in [1.165, 1.54) is 5.56 Å². The van der Waals surface area contributed by atoms with Crippen molar-refractivity contribution in [1.29, 1.82) is 0 Å². The maximum absolute atomic E-state index is 11.6. The van der Waals surface area contributed by atoms with Crippen molar-refractivity contribution >= 4 is 7.37 Å². The minimum atomic E-state index is -2.46. The van der Waals surface area contributed by atoms with Crippen molar-refractivity contribution in [2.24, 2.45) is 0 Å². The highest BCUT2D eigenvalue weighted by atomic mass is 31.2. The zero-order valence-electron chi connectivity index (χ0n) is 10.1. The van der Waals surface area contributed by atoms with E-state index in [4.69, 9.17) is 4.52 Å². The third-order valence-electron chi connectivity index (χ3n) is 2.19. The van der Waals surface area contributed by atoms with Gasteiger partial charge in [0.15, 0.2) is 7.37 Å². The molecule has 0 bridgehead atoms. The van der Waals surface area contributed by atoms with Crippen molar-refractivity contribution in [3.8, 4) is 0 Å². The lowest BCUT2D eigenvalue weighted by Gasteiger charge is -2.28. The van der Waals surface area contributed by atoms with Gasteiger partial charge < -0.3 is 4.52 Å². The highest BCUT2D eigenvalue weighted by molar-refractivity contribution is 7.57. The molecule has 0 spiro atoms. The Balaban J connectivity index is 2.95. The molecule has 84 valence electrons. The average molecular weight is 226 g/mol. The van der Waals surface area contributed by atoms with Crippen molar-refractivity contribution in [2.45, 2.75) is 26.4 Å². The Bertz CT molecular complexity index is 373. The summed E-state index contributed by atoms with van der Waals surface area (Å²) >= 11 is 0. The van der Waals surface area contributed by atoms with Gasteiger partial charge in [-0.2, -0.15) is 0 Å². The van der Waals surface area contributed by atoms with E-state index in [0.717, 1.165) is 5.56 Å². The molecule has 1 rings (SSSR count). The lowest BCUT2D eigenvalue weighted by atomic mass is 9.98. The Kier molecular flexibility index (Phi) is 3.42. The van der Waals surface area contributed by atoms with Crippen LogP contribution in [0.15, 0.2) is 24.3 Å². The van der Waals surface area contributed by atoms with Crippen LogP contribution in [0, 0.1) is 6.92 Å². The van der Waals surface area contributed by atoms with E-state index < -0.39 is 13.0 Å². The number of aryl methyl sites for hydroxylation is 1. The smallest absolute Gasteiger partial charge is 0.198 e. The molecule has 0 radical (unpaired) electrons. The van der Waals surface area contributed by atoms with Gasteiger partial charge in [-0.1, -0.05) is 29.8 Å². The highest BCUT2D eigenvalue weighted by Gasteiger charge is 2.26. The van der Waals surface area contributed by atoms with E-state index in [-0.39, 0.29) is 0 Å². The molecule has 2 nitrogen and oxygen atoms in total. The second kappa shape index (κ2) is 4.11. The van der Waals surface area contributed by atoms with Gasteiger partial charge in [0.05, 0.1) is 5.60 Å². The van der Waals surface area contributed by atoms with Crippen LogP contribution in [0.3, 0.4) is 0 Å². The number of hydrogen-bond acceptors (Lipinski definition) is 2. The first kappa shape index (κ1) is 12.5. The van der Waals surface area contributed by atoms with Gasteiger partial charge >= 0.3 is 0 Å². The molecule has 3 heteroatoms. The second-order valence-corrected chi connectivity index (χ2v) is 7.41. The van der Waals surface area contributed by atoms with E-state index in [1.54, 1.807) is 13.3 Å². The largest absolute Gasteiger partial charge is 0.318 e. The summed E-state index contributed by atoms with van der Waals surface area (Å²) in [6.07, 6.45) is 0. The molecule has 0 N–H and O–H groups in total. The molecule has 0 fully saturated rings. The fraction of sp³-hybridized carbons (Fsp3) is 0.500. The van der Waals surface area contributed by atoms with Gasteiger partial charge in [-0.3, -0.25) is 4.57 Å². The molecule has 0 atom stereocenters. The Hall–Kier alpha value is -0.590. The van der Waals surface area contributed by atoms with Crippen LogP contribution in [0.1, 0.15) is 25.0 Å². The van der Waals surface area contributed by atoms with E-state index in [2.05, 4.69) is 0 Å².